The van der Waals surface area contributed by atoms with Crippen molar-refractivity contribution in [2.75, 3.05) is 0 Å². The van der Waals surface area contributed by atoms with Crippen LogP contribution in [-0.2, 0) is 4.79 Å². The van der Waals surface area contributed by atoms with E-state index in [0.717, 1.165) is 0 Å². The van der Waals surface area contributed by atoms with Gasteiger partial charge in [-0.05, 0) is 19.4 Å². The molecule has 2 rings (SSSR count). The summed E-state index contributed by atoms with van der Waals surface area (Å²) in [5, 5.41) is 2.99. The summed E-state index contributed by atoms with van der Waals surface area (Å²) >= 11 is 0. The molecule has 3 atom stereocenters. The Morgan fingerprint density at radius 3 is 2.20 bits per heavy atom. The molecule has 1 aromatic carbocycles. The highest BCUT2D eigenvalue weighted by atomic mass is 16.2. The normalized spacial score (nSPS) is 30.3. The van der Waals surface area contributed by atoms with Crippen LogP contribution in [0.4, 0.5) is 0 Å². The van der Waals surface area contributed by atoms with Crippen molar-refractivity contribution in [2.45, 2.75) is 32.7 Å². The predicted molar refractivity (Wildman–Crippen MR) is 60.7 cm³/mol. The maximum Gasteiger partial charge on any atom is 0.223 e. The first-order chi connectivity index (χ1) is 7.09. The van der Waals surface area contributed by atoms with Gasteiger partial charge in [0.15, 0.2) is 0 Å². The number of carbonyl (C=O) groups excluding carboxylic acids is 1. The number of rotatable bonds is 1. The molecule has 0 aliphatic carbocycles. The van der Waals surface area contributed by atoms with E-state index in [0.29, 0.717) is 5.92 Å². The van der Waals surface area contributed by atoms with Crippen LogP contribution in [0.1, 0.15) is 30.9 Å². The van der Waals surface area contributed by atoms with Gasteiger partial charge in [0.2, 0.25) is 5.91 Å². The number of nitrogens with one attached hydrogen (secondary N) is 1. The molecule has 1 aliphatic rings. The van der Waals surface area contributed by atoms with Gasteiger partial charge in [-0.3, -0.25) is 4.79 Å². The lowest BCUT2D eigenvalue weighted by atomic mass is 9.85. The fourth-order valence-corrected chi connectivity index (χ4v) is 2.41. The Morgan fingerprint density at radius 1 is 1.13 bits per heavy atom. The first kappa shape index (κ1) is 10.2. The van der Waals surface area contributed by atoms with Crippen molar-refractivity contribution in [1.82, 2.24) is 5.32 Å². The third-order valence-electron chi connectivity index (χ3n) is 3.32. The lowest BCUT2D eigenvalue weighted by molar-refractivity contribution is -0.122. The van der Waals surface area contributed by atoms with Crippen molar-refractivity contribution in [3.8, 4) is 0 Å². The third kappa shape index (κ3) is 1.76. The summed E-state index contributed by atoms with van der Waals surface area (Å²) < 4.78 is 0. The molecule has 15 heavy (non-hydrogen) atoms. The predicted octanol–water partition coefficient (Wildman–Crippen LogP) is 2.23. The zero-order valence-corrected chi connectivity index (χ0v) is 9.45. The third-order valence-corrected chi connectivity index (χ3v) is 3.32. The number of carbonyl (C=O) groups is 1. The SMILES string of the molecule is Cc1ccc([C@H]2[C@@H](C)NC(=O)[C@@H]2C)cc1. The van der Waals surface area contributed by atoms with E-state index in [1.807, 2.05) is 6.92 Å². The molecular formula is C13H17NO. The summed E-state index contributed by atoms with van der Waals surface area (Å²) in [6, 6.07) is 8.73. The Balaban J connectivity index is 2.30. The average Bonchev–Trinajstić information content (AvgIpc) is 2.44. The van der Waals surface area contributed by atoms with Gasteiger partial charge in [0, 0.05) is 17.9 Å². The van der Waals surface area contributed by atoms with Crippen molar-refractivity contribution in [3.05, 3.63) is 35.4 Å². The van der Waals surface area contributed by atoms with E-state index in [4.69, 9.17) is 0 Å². The monoisotopic (exact) mass is 203 g/mol. The largest absolute Gasteiger partial charge is 0.353 e. The molecule has 1 N–H and O–H groups in total. The van der Waals surface area contributed by atoms with Crippen LogP contribution in [0.25, 0.3) is 0 Å². The van der Waals surface area contributed by atoms with Crippen LogP contribution in [0, 0.1) is 12.8 Å². The molecule has 1 aliphatic heterocycles. The van der Waals surface area contributed by atoms with Gasteiger partial charge in [0.05, 0.1) is 0 Å². The van der Waals surface area contributed by atoms with Gasteiger partial charge in [0.25, 0.3) is 0 Å². The zero-order valence-electron chi connectivity index (χ0n) is 9.45. The van der Waals surface area contributed by atoms with Gasteiger partial charge < -0.3 is 5.32 Å². The zero-order chi connectivity index (χ0) is 11.0. The van der Waals surface area contributed by atoms with E-state index in [-0.39, 0.29) is 17.9 Å². The molecule has 1 amide bonds. The van der Waals surface area contributed by atoms with E-state index in [9.17, 15) is 4.79 Å². The number of hydrogen-bond donors (Lipinski definition) is 1. The van der Waals surface area contributed by atoms with Crippen LogP contribution in [0.3, 0.4) is 0 Å². The lowest BCUT2D eigenvalue weighted by Gasteiger charge is -2.18. The molecule has 1 aromatic rings. The van der Waals surface area contributed by atoms with E-state index in [2.05, 4.69) is 43.4 Å². The summed E-state index contributed by atoms with van der Waals surface area (Å²) in [6.45, 7) is 6.16. The minimum atomic E-state index is 0.0858. The number of amides is 1. The lowest BCUT2D eigenvalue weighted by Crippen LogP contribution is -2.24. The molecule has 0 unspecified atom stereocenters. The van der Waals surface area contributed by atoms with Gasteiger partial charge in [-0.2, -0.15) is 0 Å². The van der Waals surface area contributed by atoms with Crippen LogP contribution in [0.2, 0.25) is 0 Å². The molecule has 2 nitrogen and oxygen atoms in total. The van der Waals surface area contributed by atoms with Gasteiger partial charge in [-0.25, -0.2) is 0 Å². The van der Waals surface area contributed by atoms with Crippen LogP contribution >= 0.6 is 0 Å². The smallest absolute Gasteiger partial charge is 0.223 e. The fourth-order valence-electron chi connectivity index (χ4n) is 2.41. The van der Waals surface area contributed by atoms with Crippen molar-refractivity contribution in [1.29, 1.82) is 0 Å². The Bertz CT molecular complexity index is 369. The number of aryl methyl sites for hydroxylation is 1. The highest BCUT2D eigenvalue weighted by Crippen LogP contribution is 2.33. The Morgan fingerprint density at radius 2 is 1.73 bits per heavy atom. The van der Waals surface area contributed by atoms with Crippen molar-refractivity contribution in [2.24, 2.45) is 5.92 Å². The summed E-state index contributed by atoms with van der Waals surface area (Å²) in [7, 11) is 0. The Hall–Kier alpha value is -1.31. The van der Waals surface area contributed by atoms with E-state index in [1.54, 1.807) is 0 Å². The van der Waals surface area contributed by atoms with Crippen molar-refractivity contribution in [3.63, 3.8) is 0 Å². The molecule has 80 valence electrons. The first-order valence-electron chi connectivity index (χ1n) is 5.46. The molecule has 1 fully saturated rings. The molecule has 0 saturated carbocycles. The van der Waals surface area contributed by atoms with E-state index in [1.165, 1.54) is 11.1 Å². The van der Waals surface area contributed by atoms with Crippen LogP contribution in [0.15, 0.2) is 24.3 Å². The number of hydrogen-bond acceptors (Lipinski definition) is 1. The highest BCUT2D eigenvalue weighted by molar-refractivity contribution is 5.82. The van der Waals surface area contributed by atoms with Gasteiger partial charge in [-0.15, -0.1) is 0 Å². The molecule has 0 aromatic heterocycles. The van der Waals surface area contributed by atoms with Crippen LogP contribution < -0.4 is 5.32 Å². The minimum Gasteiger partial charge on any atom is -0.353 e. The number of benzene rings is 1. The minimum absolute atomic E-state index is 0.0858. The van der Waals surface area contributed by atoms with Crippen molar-refractivity contribution >= 4 is 5.91 Å². The van der Waals surface area contributed by atoms with E-state index < -0.39 is 0 Å². The average molecular weight is 203 g/mol. The summed E-state index contributed by atoms with van der Waals surface area (Å²) in [4.78, 5) is 11.5. The van der Waals surface area contributed by atoms with E-state index >= 15 is 0 Å². The van der Waals surface area contributed by atoms with Gasteiger partial charge >= 0.3 is 0 Å². The molecular weight excluding hydrogens is 186 g/mol. The van der Waals surface area contributed by atoms with Crippen LogP contribution in [0.5, 0.6) is 0 Å². The Kier molecular flexibility index (Phi) is 2.51. The molecule has 0 bridgehead atoms. The molecule has 0 radical (unpaired) electrons. The summed E-state index contributed by atoms with van der Waals surface area (Å²) in [5.74, 6) is 0.578. The standard InChI is InChI=1S/C13H17NO/c1-8-4-6-11(7-5-8)12-9(2)13(15)14-10(12)3/h4-7,9-10,12H,1-3H3,(H,14,15)/t9-,10-,12-/m1/s1. The summed E-state index contributed by atoms with van der Waals surface area (Å²) in [6.07, 6.45) is 0. The topological polar surface area (TPSA) is 29.1 Å². The molecule has 1 saturated heterocycles. The maximum atomic E-state index is 11.5. The van der Waals surface area contributed by atoms with Gasteiger partial charge in [0.1, 0.15) is 0 Å². The first-order valence-corrected chi connectivity index (χ1v) is 5.46. The van der Waals surface area contributed by atoms with Crippen LogP contribution in [-0.4, -0.2) is 11.9 Å². The quantitative estimate of drug-likeness (QED) is 0.745. The highest BCUT2D eigenvalue weighted by Gasteiger charge is 2.37. The van der Waals surface area contributed by atoms with Gasteiger partial charge in [-0.1, -0.05) is 36.8 Å². The molecule has 1 heterocycles. The fraction of sp³-hybridized carbons (Fsp3) is 0.462. The second-order valence-corrected chi connectivity index (χ2v) is 4.52. The molecule has 2 heteroatoms. The second-order valence-electron chi connectivity index (χ2n) is 4.52. The maximum absolute atomic E-state index is 11.5. The second kappa shape index (κ2) is 3.69. The van der Waals surface area contributed by atoms with Crippen molar-refractivity contribution < 1.29 is 4.79 Å². The Labute approximate surface area is 90.7 Å². The summed E-state index contributed by atoms with van der Waals surface area (Å²) in [5.41, 5.74) is 2.52. The molecule has 0 spiro atoms.